The average molecular weight is 585 g/mol. The molecule has 8 atom stereocenters. The second kappa shape index (κ2) is 13.6. The Morgan fingerprint density at radius 3 is 2.38 bits per heavy atom. The molecule has 0 aliphatic carbocycles. The minimum atomic E-state index is -1.90. The summed E-state index contributed by atoms with van der Waals surface area (Å²) in [6, 6.07) is 13.5. The monoisotopic (exact) mass is 584 g/mol. The molecule has 3 fully saturated rings. The molecule has 3 aliphatic rings. The van der Waals surface area contributed by atoms with Crippen LogP contribution >= 0.6 is 11.6 Å². The fourth-order valence-corrected chi connectivity index (χ4v) is 9.77. The molecule has 1 N–H and O–H groups in total. The lowest BCUT2D eigenvalue weighted by Crippen LogP contribution is -2.62. The zero-order valence-corrected chi connectivity index (χ0v) is 26.2. The third kappa shape index (κ3) is 6.92. The van der Waals surface area contributed by atoms with Gasteiger partial charge in [-0.1, -0.05) is 58.0 Å². The first-order valence-electron chi connectivity index (χ1n) is 14.9. The van der Waals surface area contributed by atoms with Crippen LogP contribution in [0.25, 0.3) is 0 Å². The van der Waals surface area contributed by atoms with Gasteiger partial charge < -0.3 is 33.2 Å². The number of aliphatic hydroxyl groups is 1. The van der Waals surface area contributed by atoms with Crippen molar-refractivity contribution < 1.29 is 33.2 Å². The van der Waals surface area contributed by atoms with E-state index in [4.69, 9.17) is 39.7 Å². The third-order valence-corrected chi connectivity index (χ3v) is 14.6. The van der Waals surface area contributed by atoms with Crippen molar-refractivity contribution in [2.45, 2.75) is 126 Å². The van der Waals surface area contributed by atoms with Crippen molar-refractivity contribution in [2.75, 3.05) is 20.3 Å². The Hall–Kier alpha value is -0.553. The van der Waals surface area contributed by atoms with Gasteiger partial charge in [0.1, 0.15) is 6.10 Å². The van der Waals surface area contributed by atoms with E-state index in [1.165, 1.54) is 0 Å². The van der Waals surface area contributed by atoms with Crippen molar-refractivity contribution in [3.63, 3.8) is 0 Å². The number of halogens is 1. The van der Waals surface area contributed by atoms with E-state index in [0.717, 1.165) is 36.5 Å². The minimum Gasteiger partial charge on any atom is -0.411 e. The Labute approximate surface area is 240 Å². The van der Waals surface area contributed by atoms with E-state index in [0.29, 0.717) is 32.5 Å². The second-order valence-corrected chi connectivity index (χ2v) is 16.8. The van der Waals surface area contributed by atoms with E-state index in [2.05, 4.69) is 39.8 Å². The highest BCUT2D eigenvalue weighted by Gasteiger charge is 2.61. The molecular weight excluding hydrogens is 536 g/mol. The van der Waals surface area contributed by atoms with Crippen LogP contribution in [0.5, 0.6) is 0 Å². The fourth-order valence-electron chi connectivity index (χ4n) is 6.57. The Morgan fingerprint density at radius 2 is 1.74 bits per heavy atom. The summed E-state index contributed by atoms with van der Waals surface area (Å²) in [5.74, 6) is -1.58. The van der Waals surface area contributed by atoms with E-state index in [1.807, 2.05) is 18.2 Å². The van der Waals surface area contributed by atoms with Gasteiger partial charge in [0.25, 0.3) is 0 Å². The molecule has 39 heavy (non-hydrogen) atoms. The predicted octanol–water partition coefficient (Wildman–Crippen LogP) is 6.02. The number of benzene rings is 1. The number of aliphatic hydroxyl groups excluding tert-OH is 1. The molecule has 1 aromatic carbocycles. The standard InChI is InChI=1S/C30H49ClO7Si/c1-6-39(7-2,8-3)37-25-19-30(36-24(25)15-17-34-21-23-12-10-9-11-13-23)22(4)14-16-29(38-30)18-26(33-5)28(31)27(20-32)35-29/h9-13,22,24-28,32H,6-8,14-21H2,1-5H3/t22-,24-,25-,26+,27+,28-,29+,30+/m0/s1. The molecule has 222 valence electrons. The maximum absolute atomic E-state index is 10.0. The summed E-state index contributed by atoms with van der Waals surface area (Å²) in [6.45, 7) is 9.95. The Balaban J connectivity index is 1.53. The molecule has 3 saturated heterocycles. The maximum atomic E-state index is 10.0. The highest BCUT2D eigenvalue weighted by atomic mass is 35.5. The van der Waals surface area contributed by atoms with E-state index >= 15 is 0 Å². The van der Waals surface area contributed by atoms with Crippen LogP contribution in [0.3, 0.4) is 0 Å². The van der Waals surface area contributed by atoms with Gasteiger partial charge in [-0.2, -0.15) is 0 Å². The molecule has 9 heteroatoms. The fraction of sp³-hybridized carbons (Fsp3) is 0.800. The van der Waals surface area contributed by atoms with Crippen LogP contribution in [0.15, 0.2) is 30.3 Å². The molecule has 1 aromatic rings. The van der Waals surface area contributed by atoms with Crippen LogP contribution in [0.2, 0.25) is 18.1 Å². The molecule has 0 amide bonds. The SMILES string of the molecule is CC[Si](CC)(CC)O[C@H]1C[C@@]2(O[C@H]1CCOCc1ccccc1)O[C@]1(CC[C@@H]2C)C[C@@H](OC)[C@H](Cl)[C@@H](CO)O1. The summed E-state index contributed by atoms with van der Waals surface area (Å²) in [7, 11) is -0.242. The lowest BCUT2D eigenvalue weighted by Gasteiger charge is -2.53. The van der Waals surface area contributed by atoms with Gasteiger partial charge in [0.05, 0.1) is 36.9 Å². The number of hydrogen-bond donors (Lipinski definition) is 1. The smallest absolute Gasteiger partial charge is 0.192 e. The second-order valence-electron chi connectivity index (χ2n) is 11.6. The Morgan fingerprint density at radius 1 is 1.03 bits per heavy atom. The van der Waals surface area contributed by atoms with E-state index in [9.17, 15) is 5.11 Å². The molecule has 0 unspecified atom stereocenters. The van der Waals surface area contributed by atoms with E-state index in [-0.39, 0.29) is 30.8 Å². The van der Waals surface area contributed by atoms with Gasteiger partial charge in [0.2, 0.25) is 0 Å². The first kappa shape index (κ1) is 31.4. The normalized spacial score (nSPS) is 37.1. The molecular formula is C30H49ClO7Si. The van der Waals surface area contributed by atoms with Crippen LogP contribution in [-0.2, 0) is 34.7 Å². The molecule has 0 saturated carbocycles. The average Bonchev–Trinajstić information content (AvgIpc) is 3.30. The molecule has 2 spiro atoms. The zero-order chi connectivity index (χ0) is 28.1. The Kier molecular flexibility index (Phi) is 11.0. The van der Waals surface area contributed by atoms with E-state index in [1.54, 1.807) is 7.11 Å². The molecule has 7 nitrogen and oxygen atoms in total. The summed E-state index contributed by atoms with van der Waals surface area (Å²) in [6.07, 6.45) is 2.43. The summed E-state index contributed by atoms with van der Waals surface area (Å²) in [5, 5.41) is 9.57. The maximum Gasteiger partial charge on any atom is 0.192 e. The largest absolute Gasteiger partial charge is 0.411 e. The van der Waals surface area contributed by atoms with Crippen LogP contribution in [-0.4, -0.2) is 75.1 Å². The van der Waals surface area contributed by atoms with Gasteiger partial charge >= 0.3 is 0 Å². The van der Waals surface area contributed by atoms with Crippen LogP contribution in [0.1, 0.15) is 65.4 Å². The Bertz CT molecular complexity index is 865. The number of methoxy groups -OCH3 is 1. The zero-order valence-electron chi connectivity index (χ0n) is 24.4. The van der Waals surface area contributed by atoms with Gasteiger partial charge in [0, 0.05) is 38.9 Å². The van der Waals surface area contributed by atoms with Crippen molar-refractivity contribution in [2.24, 2.45) is 5.92 Å². The lowest BCUT2D eigenvalue weighted by molar-refractivity contribution is -0.414. The highest BCUT2D eigenvalue weighted by Crippen LogP contribution is 2.53. The van der Waals surface area contributed by atoms with Crippen LogP contribution in [0.4, 0.5) is 0 Å². The van der Waals surface area contributed by atoms with Crippen LogP contribution < -0.4 is 0 Å². The molecule has 4 rings (SSSR count). The van der Waals surface area contributed by atoms with Gasteiger partial charge in [-0.15, -0.1) is 11.6 Å². The molecule has 3 heterocycles. The lowest BCUT2D eigenvalue weighted by atomic mass is 9.83. The van der Waals surface area contributed by atoms with E-state index < -0.39 is 31.4 Å². The van der Waals surface area contributed by atoms with Gasteiger partial charge in [-0.05, 0) is 36.5 Å². The predicted molar refractivity (Wildman–Crippen MR) is 154 cm³/mol. The summed E-state index contributed by atoms with van der Waals surface area (Å²) >= 11 is 6.59. The van der Waals surface area contributed by atoms with Crippen molar-refractivity contribution in [3.05, 3.63) is 35.9 Å². The van der Waals surface area contributed by atoms with Crippen molar-refractivity contribution in [1.29, 1.82) is 0 Å². The van der Waals surface area contributed by atoms with Gasteiger partial charge in [-0.25, -0.2) is 0 Å². The molecule has 0 bridgehead atoms. The topological polar surface area (TPSA) is 75.6 Å². The first-order valence-corrected chi connectivity index (χ1v) is 17.9. The number of alkyl halides is 1. The minimum absolute atomic E-state index is 0.0642. The van der Waals surface area contributed by atoms with Gasteiger partial charge in [-0.3, -0.25) is 0 Å². The van der Waals surface area contributed by atoms with Crippen molar-refractivity contribution >= 4 is 19.9 Å². The summed E-state index contributed by atoms with van der Waals surface area (Å²) in [4.78, 5) is 0. The first-order chi connectivity index (χ1) is 18.8. The van der Waals surface area contributed by atoms with Gasteiger partial charge in [0.15, 0.2) is 19.9 Å². The molecule has 0 radical (unpaired) electrons. The highest BCUT2D eigenvalue weighted by molar-refractivity contribution is 6.73. The number of hydrogen-bond acceptors (Lipinski definition) is 7. The van der Waals surface area contributed by atoms with Crippen LogP contribution in [0, 0.1) is 5.92 Å². The number of rotatable bonds is 12. The summed E-state index contributed by atoms with van der Waals surface area (Å²) < 4.78 is 39.1. The quantitative estimate of drug-likeness (QED) is 0.183. The molecule has 0 aromatic heterocycles. The van der Waals surface area contributed by atoms with Crippen molar-refractivity contribution in [1.82, 2.24) is 0 Å². The third-order valence-electron chi connectivity index (χ3n) is 9.38. The number of ether oxygens (including phenoxy) is 5. The molecule has 3 aliphatic heterocycles. The summed E-state index contributed by atoms with van der Waals surface area (Å²) in [5.41, 5.74) is 1.16. The van der Waals surface area contributed by atoms with Crippen molar-refractivity contribution in [3.8, 4) is 0 Å².